The van der Waals surface area contributed by atoms with E-state index < -0.39 is 0 Å². The van der Waals surface area contributed by atoms with E-state index in [1.807, 2.05) is 25.2 Å². The number of hydrogen-bond donors (Lipinski definition) is 2. The number of amides is 1. The van der Waals surface area contributed by atoms with Crippen molar-refractivity contribution in [2.45, 2.75) is 13.5 Å². The van der Waals surface area contributed by atoms with Crippen LogP contribution in [0.2, 0.25) is 0 Å². The summed E-state index contributed by atoms with van der Waals surface area (Å²) >= 11 is 3.47. The van der Waals surface area contributed by atoms with Gasteiger partial charge in [-0.1, -0.05) is 22.9 Å². The topological polar surface area (TPSA) is 64.3 Å². The summed E-state index contributed by atoms with van der Waals surface area (Å²) in [7, 11) is 1.88. The Kier molecular flexibility index (Phi) is 5.44. The van der Waals surface area contributed by atoms with Crippen LogP contribution < -0.4 is 15.8 Å². The summed E-state index contributed by atoms with van der Waals surface area (Å²) in [5, 5.41) is 3.08. The molecule has 0 saturated carbocycles. The number of halogens is 1. The summed E-state index contributed by atoms with van der Waals surface area (Å²) in [4.78, 5) is 10.9. The number of carbonyl (C=O) groups is 1. The van der Waals surface area contributed by atoms with Crippen LogP contribution >= 0.6 is 15.9 Å². The molecule has 0 radical (unpaired) electrons. The normalized spacial score (nSPS) is 12.2. The number of nitrogens with two attached hydrogens (primary N) is 1. The Labute approximate surface area is 110 Å². The van der Waals surface area contributed by atoms with Crippen LogP contribution in [0.3, 0.4) is 0 Å². The van der Waals surface area contributed by atoms with Crippen LogP contribution in [0.25, 0.3) is 0 Å². The highest BCUT2D eigenvalue weighted by molar-refractivity contribution is 9.10. The smallest absolute Gasteiger partial charge is 0.223 e. The lowest BCUT2D eigenvalue weighted by Crippen LogP contribution is -2.25. The number of hydrogen-bond acceptors (Lipinski definition) is 3. The maximum Gasteiger partial charge on any atom is 0.223 e. The van der Waals surface area contributed by atoms with Gasteiger partial charge in [-0.05, 0) is 30.8 Å². The molecule has 17 heavy (non-hydrogen) atoms. The molecule has 1 aromatic rings. The monoisotopic (exact) mass is 300 g/mol. The van der Waals surface area contributed by atoms with Crippen LogP contribution in [0.4, 0.5) is 0 Å². The van der Waals surface area contributed by atoms with Crippen molar-refractivity contribution in [3.05, 3.63) is 28.2 Å². The van der Waals surface area contributed by atoms with E-state index in [2.05, 4.69) is 21.2 Å². The molecule has 5 heteroatoms. The van der Waals surface area contributed by atoms with Gasteiger partial charge in [-0.3, -0.25) is 4.79 Å². The fraction of sp³-hybridized carbons (Fsp3) is 0.417. The Hall–Kier alpha value is -1.07. The minimum atomic E-state index is -0.349. The first-order valence-electron chi connectivity index (χ1n) is 5.39. The molecule has 0 bridgehead atoms. The van der Waals surface area contributed by atoms with Gasteiger partial charge in [0.15, 0.2) is 0 Å². The first kappa shape index (κ1) is 14.0. The summed E-state index contributed by atoms with van der Waals surface area (Å²) in [6.45, 7) is 2.80. The van der Waals surface area contributed by atoms with E-state index in [0.29, 0.717) is 6.61 Å². The predicted molar refractivity (Wildman–Crippen MR) is 70.8 cm³/mol. The first-order valence-corrected chi connectivity index (χ1v) is 6.19. The van der Waals surface area contributed by atoms with Gasteiger partial charge in [0.2, 0.25) is 5.91 Å². The second kappa shape index (κ2) is 6.61. The Balaban J connectivity index is 2.65. The maximum absolute atomic E-state index is 10.9. The summed E-state index contributed by atoms with van der Waals surface area (Å²) in [6.07, 6.45) is 0. The molecule has 3 N–H and O–H groups in total. The fourth-order valence-corrected chi connectivity index (χ4v) is 1.66. The van der Waals surface area contributed by atoms with Gasteiger partial charge in [-0.2, -0.15) is 0 Å². The van der Waals surface area contributed by atoms with E-state index in [4.69, 9.17) is 10.5 Å². The number of ether oxygens (including phenoxy) is 1. The standard InChI is InChI=1S/C12H17BrN2O2/c1-8(12(14)16)7-17-10-3-4-11(13)9(5-10)6-15-2/h3-5,8,15H,6-7H2,1-2H3,(H2,14,16). The van der Waals surface area contributed by atoms with Gasteiger partial charge in [0.25, 0.3) is 0 Å². The third kappa shape index (κ3) is 4.36. The molecule has 0 aromatic heterocycles. The summed E-state index contributed by atoms with van der Waals surface area (Å²) < 4.78 is 6.55. The molecule has 4 nitrogen and oxygen atoms in total. The molecule has 0 aliphatic rings. The van der Waals surface area contributed by atoms with Crippen molar-refractivity contribution in [1.82, 2.24) is 5.32 Å². The molecule has 1 aromatic carbocycles. The molecule has 0 heterocycles. The number of rotatable bonds is 6. The fourth-order valence-electron chi connectivity index (χ4n) is 1.27. The molecule has 1 rings (SSSR count). The molecule has 0 saturated heterocycles. The van der Waals surface area contributed by atoms with Crippen molar-refractivity contribution < 1.29 is 9.53 Å². The van der Waals surface area contributed by atoms with Gasteiger partial charge in [-0.15, -0.1) is 0 Å². The van der Waals surface area contributed by atoms with Gasteiger partial charge in [0.05, 0.1) is 12.5 Å². The number of nitrogens with one attached hydrogen (secondary N) is 1. The summed E-state index contributed by atoms with van der Waals surface area (Å²) in [6, 6.07) is 5.72. The molecular formula is C12H17BrN2O2. The van der Waals surface area contributed by atoms with E-state index in [9.17, 15) is 4.79 Å². The van der Waals surface area contributed by atoms with E-state index in [0.717, 1.165) is 22.3 Å². The number of primary amides is 1. The van der Waals surface area contributed by atoms with Gasteiger partial charge in [-0.25, -0.2) is 0 Å². The van der Waals surface area contributed by atoms with Gasteiger partial charge in [0, 0.05) is 11.0 Å². The van der Waals surface area contributed by atoms with E-state index in [-0.39, 0.29) is 11.8 Å². The maximum atomic E-state index is 10.9. The Bertz CT molecular complexity index is 396. The predicted octanol–water partition coefficient (Wildman–Crippen LogP) is 1.67. The average Bonchev–Trinajstić information content (AvgIpc) is 2.29. The van der Waals surface area contributed by atoms with Crippen LogP contribution in [-0.4, -0.2) is 19.6 Å². The molecule has 0 spiro atoms. The van der Waals surface area contributed by atoms with Crippen LogP contribution in [-0.2, 0) is 11.3 Å². The van der Waals surface area contributed by atoms with E-state index in [1.54, 1.807) is 6.92 Å². The third-order valence-electron chi connectivity index (χ3n) is 2.37. The van der Waals surface area contributed by atoms with Crippen molar-refractivity contribution in [2.75, 3.05) is 13.7 Å². The number of benzene rings is 1. The molecule has 1 atom stereocenters. The van der Waals surface area contributed by atoms with Crippen molar-refractivity contribution in [3.63, 3.8) is 0 Å². The SMILES string of the molecule is CNCc1cc(OCC(C)C(N)=O)ccc1Br. The van der Waals surface area contributed by atoms with Crippen molar-refractivity contribution in [2.24, 2.45) is 11.7 Å². The van der Waals surface area contributed by atoms with Crippen LogP contribution in [0.5, 0.6) is 5.75 Å². The lowest BCUT2D eigenvalue weighted by molar-refractivity contribution is -0.122. The molecule has 0 fully saturated rings. The number of carbonyl (C=O) groups excluding carboxylic acids is 1. The minimum absolute atomic E-state index is 0.286. The quantitative estimate of drug-likeness (QED) is 0.840. The second-order valence-electron chi connectivity index (χ2n) is 3.90. The van der Waals surface area contributed by atoms with Crippen LogP contribution in [0, 0.1) is 5.92 Å². The molecular weight excluding hydrogens is 284 g/mol. The van der Waals surface area contributed by atoms with Gasteiger partial charge < -0.3 is 15.8 Å². The zero-order valence-corrected chi connectivity index (χ0v) is 11.6. The largest absolute Gasteiger partial charge is 0.493 e. The molecule has 1 amide bonds. The van der Waals surface area contributed by atoms with Gasteiger partial charge >= 0.3 is 0 Å². The Morgan fingerprint density at radius 2 is 2.29 bits per heavy atom. The molecule has 0 aliphatic carbocycles. The Morgan fingerprint density at radius 1 is 1.59 bits per heavy atom. The highest BCUT2D eigenvalue weighted by Gasteiger charge is 2.09. The lowest BCUT2D eigenvalue weighted by Gasteiger charge is -2.12. The molecule has 0 aliphatic heterocycles. The Morgan fingerprint density at radius 3 is 2.88 bits per heavy atom. The second-order valence-corrected chi connectivity index (χ2v) is 4.75. The lowest BCUT2D eigenvalue weighted by atomic mass is 10.2. The van der Waals surface area contributed by atoms with Crippen LogP contribution in [0.1, 0.15) is 12.5 Å². The zero-order valence-electron chi connectivity index (χ0n) is 10.00. The first-order chi connectivity index (χ1) is 8.04. The van der Waals surface area contributed by atoms with Crippen molar-refractivity contribution >= 4 is 21.8 Å². The van der Waals surface area contributed by atoms with Gasteiger partial charge in [0.1, 0.15) is 5.75 Å². The zero-order chi connectivity index (χ0) is 12.8. The van der Waals surface area contributed by atoms with Crippen molar-refractivity contribution in [3.8, 4) is 5.75 Å². The molecule has 1 unspecified atom stereocenters. The highest BCUT2D eigenvalue weighted by atomic mass is 79.9. The van der Waals surface area contributed by atoms with E-state index >= 15 is 0 Å². The highest BCUT2D eigenvalue weighted by Crippen LogP contribution is 2.22. The molecule has 94 valence electrons. The van der Waals surface area contributed by atoms with Crippen LogP contribution in [0.15, 0.2) is 22.7 Å². The van der Waals surface area contributed by atoms with E-state index in [1.165, 1.54) is 0 Å². The summed E-state index contributed by atoms with van der Waals surface area (Å²) in [5.41, 5.74) is 6.27. The third-order valence-corrected chi connectivity index (χ3v) is 3.14. The summed E-state index contributed by atoms with van der Waals surface area (Å²) in [5.74, 6) is 0.107. The minimum Gasteiger partial charge on any atom is -0.493 e. The van der Waals surface area contributed by atoms with Crippen molar-refractivity contribution in [1.29, 1.82) is 0 Å². The average molecular weight is 301 g/mol.